The first-order valence-corrected chi connectivity index (χ1v) is 9.85. The van der Waals surface area contributed by atoms with Gasteiger partial charge in [-0.15, -0.1) is 21.5 Å². The fraction of sp³-hybridized carbons (Fsp3) is 0.316. The number of aromatic nitrogens is 3. The lowest BCUT2D eigenvalue weighted by Gasteiger charge is -2.19. The zero-order valence-corrected chi connectivity index (χ0v) is 15.8. The summed E-state index contributed by atoms with van der Waals surface area (Å²) in [5, 5.41) is 14.2. The predicted molar refractivity (Wildman–Crippen MR) is 101 cm³/mol. The van der Waals surface area contributed by atoms with Crippen molar-refractivity contribution in [1.29, 1.82) is 0 Å². The summed E-state index contributed by atoms with van der Waals surface area (Å²) in [7, 11) is 0. The van der Waals surface area contributed by atoms with Crippen LogP contribution in [0.1, 0.15) is 39.3 Å². The number of carbonyl (C=O) groups excluding carboxylic acids is 1. The zero-order chi connectivity index (χ0) is 17.8. The normalized spacial score (nSPS) is 21.0. The van der Waals surface area contributed by atoms with Crippen LogP contribution in [0, 0.1) is 12.8 Å². The lowest BCUT2D eigenvalue weighted by molar-refractivity contribution is -0.110. The molecule has 0 radical (unpaired) electrons. The van der Waals surface area contributed by atoms with Crippen molar-refractivity contribution in [2.24, 2.45) is 5.92 Å². The Hall–Kier alpha value is -2.02. The van der Waals surface area contributed by atoms with Crippen molar-refractivity contribution in [3.63, 3.8) is 0 Å². The van der Waals surface area contributed by atoms with Crippen LogP contribution >= 0.6 is 22.9 Å². The van der Waals surface area contributed by atoms with Gasteiger partial charge in [-0.3, -0.25) is 9.88 Å². The van der Waals surface area contributed by atoms with Crippen molar-refractivity contribution in [2.75, 3.05) is 0 Å². The summed E-state index contributed by atoms with van der Waals surface area (Å²) in [5.41, 5.74) is 3.75. The molecular weight excluding hydrogens is 368 g/mol. The zero-order valence-electron chi connectivity index (χ0n) is 14.2. The molecule has 0 fully saturated rings. The highest BCUT2D eigenvalue weighted by molar-refractivity contribution is 7.15. The number of nitrogens with one attached hydrogen (secondary N) is 1. The minimum absolute atomic E-state index is 0.0498. The number of hydrogen-bond donors (Lipinski definition) is 1. The third-order valence-electron chi connectivity index (χ3n) is 5.27. The minimum Gasteiger partial charge on any atom is -0.303 e. The molecule has 7 heteroatoms. The number of aryl methyl sites for hydroxylation is 1. The van der Waals surface area contributed by atoms with E-state index in [0.717, 1.165) is 35.8 Å². The van der Waals surface area contributed by atoms with Crippen molar-refractivity contribution in [2.45, 2.75) is 32.4 Å². The number of nitrogens with zero attached hydrogens (tertiary/aromatic N) is 3. The Bertz CT molecular complexity index is 1010. The van der Waals surface area contributed by atoms with Crippen molar-refractivity contribution >= 4 is 29.2 Å². The van der Waals surface area contributed by atoms with Crippen LogP contribution in [0.15, 0.2) is 24.3 Å². The summed E-state index contributed by atoms with van der Waals surface area (Å²) in [4.78, 5) is 12.7. The monoisotopic (exact) mass is 384 g/mol. The molecule has 5 nitrogen and oxygen atoms in total. The van der Waals surface area contributed by atoms with Gasteiger partial charge in [-0.1, -0.05) is 23.7 Å². The maximum atomic E-state index is 11.4. The number of carbonyl (C=O) groups is 1. The summed E-state index contributed by atoms with van der Waals surface area (Å²) in [6.07, 6.45) is 2.74. The highest BCUT2D eigenvalue weighted by atomic mass is 35.5. The second-order valence-electron chi connectivity index (χ2n) is 6.89. The third-order valence-corrected chi connectivity index (χ3v) is 6.78. The average Bonchev–Trinajstić information content (AvgIpc) is 3.26. The number of hydrogen-bond acceptors (Lipinski definition) is 5. The van der Waals surface area contributed by atoms with Gasteiger partial charge >= 0.3 is 0 Å². The molecule has 1 aromatic carbocycles. The molecule has 1 aliphatic heterocycles. The number of fused-ring (bicyclic) bond motifs is 5. The lowest BCUT2D eigenvalue weighted by atomic mass is 9.95. The van der Waals surface area contributed by atoms with Crippen LogP contribution < -0.4 is 5.32 Å². The maximum absolute atomic E-state index is 11.4. The van der Waals surface area contributed by atoms with Gasteiger partial charge in [0.15, 0.2) is 5.82 Å². The second kappa shape index (κ2) is 6.01. The molecule has 0 saturated heterocycles. The third kappa shape index (κ3) is 2.36. The van der Waals surface area contributed by atoms with Gasteiger partial charge < -0.3 is 4.79 Å². The van der Waals surface area contributed by atoms with Crippen molar-refractivity contribution in [3.05, 3.63) is 62.5 Å². The second-order valence-corrected chi connectivity index (χ2v) is 8.41. The Morgan fingerprint density at radius 2 is 2.08 bits per heavy atom. The first-order chi connectivity index (χ1) is 12.7. The van der Waals surface area contributed by atoms with Crippen molar-refractivity contribution in [1.82, 2.24) is 20.1 Å². The van der Waals surface area contributed by atoms with Gasteiger partial charge in [-0.25, -0.2) is 0 Å². The fourth-order valence-electron chi connectivity index (χ4n) is 4.05. The van der Waals surface area contributed by atoms with E-state index >= 15 is 0 Å². The van der Waals surface area contributed by atoms with Gasteiger partial charge in [0.1, 0.15) is 17.1 Å². The molecular formula is C19H17ClN4OS. The maximum Gasteiger partial charge on any atom is 0.152 e. The molecule has 26 heavy (non-hydrogen) atoms. The van der Waals surface area contributed by atoms with E-state index in [4.69, 9.17) is 11.6 Å². The quantitative estimate of drug-likeness (QED) is 0.688. The van der Waals surface area contributed by atoms with Crippen molar-refractivity contribution < 1.29 is 4.79 Å². The summed E-state index contributed by atoms with van der Waals surface area (Å²) in [5.74, 6) is 1.91. The van der Waals surface area contributed by atoms with E-state index in [-0.39, 0.29) is 12.0 Å². The molecule has 0 saturated carbocycles. The SMILES string of the molecule is Cc1nnc2n1-c1sc3c(c1C(c1ccc(Cl)cc1)NC2)CC(C=O)C3. The molecule has 3 aromatic rings. The highest BCUT2D eigenvalue weighted by Gasteiger charge is 2.35. The van der Waals surface area contributed by atoms with E-state index in [0.29, 0.717) is 6.54 Å². The van der Waals surface area contributed by atoms with Crippen LogP contribution in [-0.4, -0.2) is 21.1 Å². The number of benzene rings is 1. The molecule has 2 aliphatic rings. The molecule has 0 amide bonds. The molecule has 2 atom stereocenters. The van der Waals surface area contributed by atoms with Crippen LogP contribution in [0.25, 0.3) is 5.00 Å². The first-order valence-electron chi connectivity index (χ1n) is 8.65. The van der Waals surface area contributed by atoms with E-state index in [1.807, 2.05) is 19.1 Å². The first kappa shape index (κ1) is 16.2. The highest BCUT2D eigenvalue weighted by Crippen LogP contribution is 2.45. The van der Waals surface area contributed by atoms with Gasteiger partial charge in [-0.2, -0.15) is 0 Å². The number of rotatable bonds is 2. The smallest absolute Gasteiger partial charge is 0.152 e. The molecule has 3 heterocycles. The van der Waals surface area contributed by atoms with Gasteiger partial charge in [0.05, 0.1) is 12.6 Å². The molecule has 2 unspecified atom stereocenters. The van der Waals surface area contributed by atoms with E-state index in [2.05, 4.69) is 32.2 Å². The minimum atomic E-state index is 0.0498. The number of halogens is 1. The van der Waals surface area contributed by atoms with Crippen LogP contribution in [0.4, 0.5) is 0 Å². The molecule has 2 aromatic heterocycles. The Kier molecular flexibility index (Phi) is 3.74. The molecule has 1 N–H and O–H groups in total. The summed E-state index contributed by atoms with van der Waals surface area (Å²) in [6, 6.07) is 8.04. The Labute approximate surface area is 160 Å². The molecule has 132 valence electrons. The Morgan fingerprint density at radius 3 is 2.85 bits per heavy atom. The molecule has 0 spiro atoms. The lowest BCUT2D eigenvalue weighted by Crippen LogP contribution is -2.22. The topological polar surface area (TPSA) is 59.8 Å². The fourth-order valence-corrected chi connectivity index (χ4v) is 5.71. The van der Waals surface area contributed by atoms with E-state index < -0.39 is 0 Å². The van der Waals surface area contributed by atoms with Crippen molar-refractivity contribution in [3.8, 4) is 5.00 Å². The standard InChI is InChI=1S/C19H17ClN4OS/c1-10-22-23-16-8-21-18(12-2-4-13(20)5-3-12)17-14-6-11(9-25)7-15(14)26-19(17)24(10)16/h2-5,9,11,18,21H,6-8H2,1H3. The van der Waals surface area contributed by atoms with E-state index in [1.165, 1.54) is 26.6 Å². The summed E-state index contributed by atoms with van der Waals surface area (Å²) < 4.78 is 2.16. The number of thiophene rings is 1. The summed E-state index contributed by atoms with van der Waals surface area (Å²) in [6.45, 7) is 2.63. The Morgan fingerprint density at radius 1 is 1.27 bits per heavy atom. The largest absolute Gasteiger partial charge is 0.303 e. The van der Waals surface area contributed by atoms with Gasteiger partial charge in [-0.05, 0) is 43.0 Å². The van der Waals surface area contributed by atoms with Gasteiger partial charge in [0.2, 0.25) is 0 Å². The van der Waals surface area contributed by atoms with Crippen LogP contribution in [0.5, 0.6) is 0 Å². The van der Waals surface area contributed by atoms with Crippen LogP contribution in [0.2, 0.25) is 5.02 Å². The molecule has 0 bridgehead atoms. The molecule has 1 aliphatic carbocycles. The predicted octanol–water partition coefficient (Wildman–Crippen LogP) is 3.40. The molecule has 5 rings (SSSR count). The average molecular weight is 385 g/mol. The van der Waals surface area contributed by atoms with Crippen LogP contribution in [-0.2, 0) is 24.2 Å². The Balaban J connectivity index is 1.72. The van der Waals surface area contributed by atoms with Gasteiger partial charge in [0.25, 0.3) is 0 Å². The van der Waals surface area contributed by atoms with E-state index in [1.54, 1.807) is 11.3 Å². The summed E-state index contributed by atoms with van der Waals surface area (Å²) >= 11 is 7.87. The van der Waals surface area contributed by atoms with Crippen LogP contribution in [0.3, 0.4) is 0 Å². The van der Waals surface area contributed by atoms with E-state index in [9.17, 15) is 4.79 Å². The number of aldehydes is 1. The van der Waals surface area contributed by atoms with Gasteiger partial charge in [0, 0.05) is 21.4 Å².